The monoisotopic (exact) mass is 458 g/mol. The van der Waals surface area contributed by atoms with E-state index < -0.39 is 0 Å². The first-order valence-electron chi connectivity index (χ1n) is 12.1. The molecule has 0 aliphatic heterocycles. The van der Waals surface area contributed by atoms with E-state index in [0.717, 1.165) is 36.2 Å². The topological polar surface area (TPSA) is 81.3 Å². The van der Waals surface area contributed by atoms with Gasteiger partial charge in [-0.25, -0.2) is 0 Å². The first kappa shape index (κ1) is 24.0. The minimum atomic E-state index is -0.298. The van der Waals surface area contributed by atoms with Crippen LogP contribution in [0.2, 0.25) is 0 Å². The average molecular weight is 459 g/mol. The highest BCUT2D eigenvalue weighted by Gasteiger charge is 2.47. The lowest BCUT2D eigenvalue weighted by molar-refractivity contribution is -0.120. The summed E-state index contributed by atoms with van der Waals surface area (Å²) in [6, 6.07) is 16.6. The molecule has 6 nitrogen and oxygen atoms in total. The Hall–Kier alpha value is -3.09. The molecule has 1 amide bonds. The van der Waals surface area contributed by atoms with Gasteiger partial charge < -0.3 is 15.4 Å². The standard InChI is InChI=1S/C28H34N4O2/c1-4-5-20-6-8-21(9-7-20)22-10-12-23(13-11-22)32(18-26(29)19(2)34-3)28(33)25-16-24(25)27-17-30-14-15-31-27/h6-15,17,19,24-26H,4-5,16,18,29H2,1-3H3/t19-,24+,25+,26-/m1/s1. The number of ether oxygens (including phenoxy) is 1. The van der Waals surface area contributed by atoms with Crippen LogP contribution in [0.4, 0.5) is 5.69 Å². The zero-order valence-corrected chi connectivity index (χ0v) is 20.2. The number of carbonyl (C=O) groups is 1. The fourth-order valence-corrected chi connectivity index (χ4v) is 4.34. The number of amides is 1. The van der Waals surface area contributed by atoms with Crippen LogP contribution >= 0.6 is 0 Å². The Morgan fingerprint density at radius 1 is 1.12 bits per heavy atom. The second-order valence-corrected chi connectivity index (χ2v) is 9.13. The number of anilines is 1. The van der Waals surface area contributed by atoms with Gasteiger partial charge in [-0.1, -0.05) is 49.7 Å². The Bertz CT molecular complexity index is 1070. The molecule has 0 radical (unpaired) electrons. The van der Waals surface area contributed by atoms with Crippen LogP contribution in [-0.2, 0) is 16.0 Å². The largest absolute Gasteiger partial charge is 0.380 e. The number of aromatic nitrogens is 2. The van der Waals surface area contributed by atoms with Crippen LogP contribution in [0.25, 0.3) is 11.1 Å². The quantitative estimate of drug-likeness (QED) is 0.480. The van der Waals surface area contributed by atoms with E-state index in [0.29, 0.717) is 6.54 Å². The maximum Gasteiger partial charge on any atom is 0.230 e. The molecule has 2 N–H and O–H groups in total. The van der Waals surface area contributed by atoms with Crippen LogP contribution in [0.1, 0.15) is 43.9 Å². The summed E-state index contributed by atoms with van der Waals surface area (Å²) in [7, 11) is 1.64. The van der Waals surface area contributed by atoms with E-state index in [4.69, 9.17) is 10.5 Å². The molecule has 0 bridgehead atoms. The van der Waals surface area contributed by atoms with Crippen LogP contribution < -0.4 is 10.6 Å². The summed E-state index contributed by atoms with van der Waals surface area (Å²) in [6.45, 7) is 4.51. The predicted molar refractivity (Wildman–Crippen MR) is 136 cm³/mol. The van der Waals surface area contributed by atoms with E-state index in [1.165, 1.54) is 11.1 Å². The van der Waals surface area contributed by atoms with Crippen molar-refractivity contribution in [3.63, 3.8) is 0 Å². The molecule has 34 heavy (non-hydrogen) atoms. The second-order valence-electron chi connectivity index (χ2n) is 9.13. The molecule has 0 unspecified atom stereocenters. The summed E-state index contributed by atoms with van der Waals surface area (Å²) in [4.78, 5) is 23.9. The smallest absolute Gasteiger partial charge is 0.230 e. The third-order valence-electron chi connectivity index (χ3n) is 6.71. The maximum absolute atomic E-state index is 13.6. The SMILES string of the molecule is CCCc1ccc(-c2ccc(N(C[C@@H](N)[C@@H](C)OC)C(=O)[C@H]3C[C@@H]3c3cnccn3)cc2)cc1. The second kappa shape index (κ2) is 10.9. The molecule has 3 aromatic rings. The Balaban J connectivity index is 1.54. The highest BCUT2D eigenvalue weighted by Crippen LogP contribution is 2.48. The van der Waals surface area contributed by atoms with Gasteiger partial charge in [-0.05, 0) is 48.6 Å². The number of hydrogen-bond donors (Lipinski definition) is 1. The number of hydrogen-bond acceptors (Lipinski definition) is 5. The van der Waals surface area contributed by atoms with Crippen molar-refractivity contribution in [1.29, 1.82) is 0 Å². The first-order valence-corrected chi connectivity index (χ1v) is 12.1. The Morgan fingerprint density at radius 2 is 1.79 bits per heavy atom. The van der Waals surface area contributed by atoms with Gasteiger partial charge in [0.2, 0.25) is 5.91 Å². The number of benzene rings is 2. The molecule has 178 valence electrons. The van der Waals surface area contributed by atoms with Gasteiger partial charge in [-0.15, -0.1) is 0 Å². The number of aryl methyl sites for hydroxylation is 1. The molecule has 1 heterocycles. The van der Waals surface area contributed by atoms with Gasteiger partial charge in [0.25, 0.3) is 0 Å². The number of methoxy groups -OCH3 is 1. The Labute approximate surface area is 202 Å². The molecular formula is C28H34N4O2. The molecule has 2 aromatic carbocycles. The van der Waals surface area contributed by atoms with Crippen LogP contribution in [0.3, 0.4) is 0 Å². The van der Waals surface area contributed by atoms with Crippen molar-refractivity contribution in [2.45, 2.75) is 51.2 Å². The molecule has 1 aromatic heterocycles. The van der Waals surface area contributed by atoms with Crippen molar-refractivity contribution >= 4 is 11.6 Å². The minimum absolute atomic E-state index is 0.0751. The average Bonchev–Trinajstić information content (AvgIpc) is 3.69. The summed E-state index contributed by atoms with van der Waals surface area (Å²) in [6.07, 6.45) is 7.93. The number of nitrogens with two attached hydrogens (primary N) is 1. The van der Waals surface area contributed by atoms with Crippen LogP contribution in [0.5, 0.6) is 0 Å². The molecule has 1 saturated carbocycles. The van der Waals surface area contributed by atoms with Crippen molar-refractivity contribution in [1.82, 2.24) is 9.97 Å². The first-order chi connectivity index (χ1) is 16.5. The molecule has 4 atom stereocenters. The zero-order valence-electron chi connectivity index (χ0n) is 20.2. The fraction of sp³-hybridized carbons (Fsp3) is 0.393. The van der Waals surface area contributed by atoms with Crippen LogP contribution in [0, 0.1) is 5.92 Å². The van der Waals surface area contributed by atoms with E-state index in [1.54, 1.807) is 25.7 Å². The lowest BCUT2D eigenvalue weighted by atomic mass is 10.0. The lowest BCUT2D eigenvalue weighted by Gasteiger charge is -2.29. The molecular weight excluding hydrogens is 424 g/mol. The van der Waals surface area contributed by atoms with Gasteiger partial charge in [-0.3, -0.25) is 14.8 Å². The Morgan fingerprint density at radius 3 is 2.38 bits per heavy atom. The molecule has 1 aliphatic carbocycles. The summed E-state index contributed by atoms with van der Waals surface area (Å²) in [5.74, 6) is 0.0827. The third kappa shape index (κ3) is 5.51. The van der Waals surface area contributed by atoms with Crippen LogP contribution in [0.15, 0.2) is 67.1 Å². The molecule has 1 aliphatic rings. The summed E-state index contributed by atoms with van der Waals surface area (Å²) in [5.41, 5.74) is 11.7. The molecule has 0 spiro atoms. The lowest BCUT2D eigenvalue weighted by Crippen LogP contribution is -2.47. The van der Waals surface area contributed by atoms with E-state index in [1.807, 2.05) is 24.0 Å². The van der Waals surface area contributed by atoms with Gasteiger partial charge in [0, 0.05) is 55.8 Å². The summed E-state index contributed by atoms with van der Waals surface area (Å²) < 4.78 is 5.42. The fourth-order valence-electron chi connectivity index (χ4n) is 4.34. The van der Waals surface area contributed by atoms with E-state index in [2.05, 4.69) is 53.3 Å². The molecule has 0 saturated heterocycles. The summed E-state index contributed by atoms with van der Waals surface area (Å²) >= 11 is 0. The highest BCUT2D eigenvalue weighted by molar-refractivity contribution is 5.97. The zero-order chi connectivity index (χ0) is 24.1. The maximum atomic E-state index is 13.6. The van der Waals surface area contributed by atoms with Crippen molar-refractivity contribution in [2.24, 2.45) is 11.7 Å². The highest BCUT2D eigenvalue weighted by atomic mass is 16.5. The van der Waals surface area contributed by atoms with Gasteiger partial charge in [0.1, 0.15) is 0 Å². The molecule has 1 fully saturated rings. The van der Waals surface area contributed by atoms with Gasteiger partial charge in [0.05, 0.1) is 11.8 Å². The molecule has 4 rings (SSSR count). The number of nitrogens with zero attached hydrogens (tertiary/aromatic N) is 3. The number of carbonyl (C=O) groups excluding carboxylic acids is 1. The Kier molecular flexibility index (Phi) is 7.70. The van der Waals surface area contributed by atoms with E-state index in [-0.39, 0.29) is 29.9 Å². The van der Waals surface area contributed by atoms with Crippen LogP contribution in [-0.4, -0.2) is 41.7 Å². The van der Waals surface area contributed by atoms with Crippen molar-refractivity contribution in [3.05, 3.63) is 78.4 Å². The van der Waals surface area contributed by atoms with Gasteiger partial charge >= 0.3 is 0 Å². The van der Waals surface area contributed by atoms with Gasteiger partial charge in [-0.2, -0.15) is 0 Å². The van der Waals surface area contributed by atoms with Crippen molar-refractivity contribution in [2.75, 3.05) is 18.6 Å². The van der Waals surface area contributed by atoms with Gasteiger partial charge in [0.15, 0.2) is 0 Å². The number of rotatable bonds is 10. The van der Waals surface area contributed by atoms with E-state index in [9.17, 15) is 4.79 Å². The minimum Gasteiger partial charge on any atom is -0.380 e. The van der Waals surface area contributed by atoms with Crippen molar-refractivity contribution < 1.29 is 9.53 Å². The van der Waals surface area contributed by atoms with E-state index >= 15 is 0 Å². The normalized spacial score (nSPS) is 18.8. The third-order valence-corrected chi connectivity index (χ3v) is 6.71. The predicted octanol–water partition coefficient (Wildman–Crippen LogP) is 4.60. The summed E-state index contributed by atoms with van der Waals surface area (Å²) in [5, 5.41) is 0. The molecule has 6 heteroatoms. The van der Waals surface area contributed by atoms with Crippen molar-refractivity contribution in [3.8, 4) is 11.1 Å².